The molecule has 1 fully saturated rings. The minimum Gasteiger partial charge on any atom is -0.355 e. The summed E-state index contributed by atoms with van der Waals surface area (Å²) < 4.78 is 0.879. The monoisotopic (exact) mass is 302 g/mol. The average molecular weight is 304 g/mol. The molecule has 1 aliphatic rings. The van der Waals surface area contributed by atoms with Crippen molar-refractivity contribution in [2.24, 2.45) is 5.92 Å². The molecule has 5 heteroatoms. The molecule has 1 aromatic heterocycles. The number of rotatable bonds is 2. The van der Waals surface area contributed by atoms with Gasteiger partial charge in [-0.2, -0.15) is 0 Å². The zero-order valence-electron chi connectivity index (χ0n) is 8.70. The molecule has 0 atom stereocenters. The average Bonchev–Trinajstić information content (AvgIpc) is 2.29. The van der Waals surface area contributed by atoms with Crippen LogP contribution in [0.4, 0.5) is 5.82 Å². The van der Waals surface area contributed by atoms with Gasteiger partial charge in [0.05, 0.1) is 5.02 Å². The van der Waals surface area contributed by atoms with Gasteiger partial charge in [0, 0.05) is 29.7 Å². The van der Waals surface area contributed by atoms with Gasteiger partial charge >= 0.3 is 0 Å². The first kappa shape index (κ1) is 11.9. The third kappa shape index (κ3) is 2.55. The molecular formula is C11H12BrClN2O. The van der Waals surface area contributed by atoms with Gasteiger partial charge in [-0.3, -0.25) is 0 Å². The van der Waals surface area contributed by atoms with Crippen LogP contribution in [0.25, 0.3) is 0 Å². The van der Waals surface area contributed by atoms with Crippen molar-refractivity contribution in [3.05, 3.63) is 21.8 Å². The minimum atomic E-state index is 0.200. The molecule has 0 radical (unpaired) electrons. The summed E-state index contributed by atoms with van der Waals surface area (Å²) >= 11 is 9.46. The third-order valence-corrected chi connectivity index (χ3v) is 3.53. The SMILES string of the molecule is O=CC1CCN(c2ncc(Br)cc2Cl)CC1. The van der Waals surface area contributed by atoms with Crippen LogP contribution in [0.1, 0.15) is 12.8 Å². The first-order chi connectivity index (χ1) is 7.70. The van der Waals surface area contributed by atoms with E-state index in [1.807, 2.05) is 6.07 Å². The highest BCUT2D eigenvalue weighted by Gasteiger charge is 2.21. The number of halogens is 2. The number of hydrogen-bond donors (Lipinski definition) is 0. The first-order valence-electron chi connectivity index (χ1n) is 5.22. The molecule has 0 spiro atoms. The topological polar surface area (TPSA) is 33.2 Å². The number of aldehydes is 1. The highest BCUT2D eigenvalue weighted by atomic mass is 79.9. The lowest BCUT2D eigenvalue weighted by Crippen LogP contribution is -2.34. The van der Waals surface area contributed by atoms with Gasteiger partial charge in [0.15, 0.2) is 0 Å². The number of hydrogen-bond acceptors (Lipinski definition) is 3. The van der Waals surface area contributed by atoms with E-state index in [2.05, 4.69) is 25.8 Å². The number of piperidine rings is 1. The molecule has 0 N–H and O–H groups in total. The lowest BCUT2D eigenvalue weighted by molar-refractivity contribution is -0.111. The van der Waals surface area contributed by atoms with Crippen LogP contribution in [0.3, 0.4) is 0 Å². The Kier molecular flexibility index (Phi) is 3.82. The zero-order valence-corrected chi connectivity index (χ0v) is 11.0. The second-order valence-corrected chi connectivity index (χ2v) is 5.24. The van der Waals surface area contributed by atoms with Crippen molar-refractivity contribution >= 4 is 39.6 Å². The van der Waals surface area contributed by atoms with E-state index < -0.39 is 0 Å². The summed E-state index contributed by atoms with van der Waals surface area (Å²) in [5, 5.41) is 0.652. The summed E-state index contributed by atoms with van der Waals surface area (Å²) in [5.41, 5.74) is 0. The maximum Gasteiger partial charge on any atom is 0.147 e. The third-order valence-electron chi connectivity index (χ3n) is 2.82. The number of pyridine rings is 1. The Morgan fingerprint density at radius 3 is 2.75 bits per heavy atom. The van der Waals surface area contributed by atoms with Gasteiger partial charge < -0.3 is 9.69 Å². The minimum absolute atomic E-state index is 0.200. The predicted octanol–water partition coefficient (Wildman–Crippen LogP) is 2.91. The molecule has 0 aliphatic carbocycles. The normalized spacial score (nSPS) is 17.5. The summed E-state index contributed by atoms with van der Waals surface area (Å²) in [5.74, 6) is 1.01. The molecular weight excluding hydrogens is 291 g/mol. The molecule has 0 bridgehead atoms. The van der Waals surface area contributed by atoms with Crippen molar-refractivity contribution in [1.82, 2.24) is 4.98 Å². The van der Waals surface area contributed by atoms with E-state index in [9.17, 15) is 4.79 Å². The van der Waals surface area contributed by atoms with E-state index in [1.54, 1.807) is 6.20 Å². The van der Waals surface area contributed by atoms with Gasteiger partial charge in [-0.05, 0) is 34.8 Å². The summed E-state index contributed by atoms with van der Waals surface area (Å²) in [6.07, 6.45) is 4.57. The Morgan fingerprint density at radius 1 is 1.50 bits per heavy atom. The maximum atomic E-state index is 10.6. The van der Waals surface area contributed by atoms with Gasteiger partial charge in [0.1, 0.15) is 12.1 Å². The summed E-state index contributed by atoms with van der Waals surface area (Å²) in [6.45, 7) is 1.69. The van der Waals surface area contributed by atoms with Crippen molar-refractivity contribution in [3.63, 3.8) is 0 Å². The molecule has 16 heavy (non-hydrogen) atoms. The first-order valence-corrected chi connectivity index (χ1v) is 6.39. The Hall–Kier alpha value is -0.610. The summed E-state index contributed by atoms with van der Waals surface area (Å²) in [4.78, 5) is 17.1. The molecule has 1 aliphatic heterocycles. The number of carbonyl (C=O) groups excluding carboxylic acids is 1. The molecule has 0 amide bonds. The van der Waals surface area contributed by atoms with E-state index in [0.717, 1.165) is 42.5 Å². The lowest BCUT2D eigenvalue weighted by atomic mass is 9.99. The van der Waals surface area contributed by atoms with Crippen LogP contribution < -0.4 is 4.90 Å². The molecule has 0 aromatic carbocycles. The molecule has 0 unspecified atom stereocenters. The number of carbonyl (C=O) groups is 1. The summed E-state index contributed by atoms with van der Waals surface area (Å²) in [6, 6.07) is 1.84. The standard InChI is InChI=1S/C11H12BrClN2O/c12-9-5-10(13)11(14-6-9)15-3-1-8(7-16)2-4-15/h5-8H,1-4H2. The molecule has 2 rings (SSSR count). The highest BCUT2D eigenvalue weighted by molar-refractivity contribution is 9.10. The molecule has 0 saturated carbocycles. The van der Waals surface area contributed by atoms with Gasteiger partial charge in [-0.1, -0.05) is 11.6 Å². The number of anilines is 1. The number of aromatic nitrogens is 1. The van der Waals surface area contributed by atoms with Crippen molar-refractivity contribution in [1.29, 1.82) is 0 Å². The molecule has 1 saturated heterocycles. The summed E-state index contributed by atoms with van der Waals surface area (Å²) in [7, 11) is 0. The van der Waals surface area contributed by atoms with Crippen LogP contribution in [-0.2, 0) is 4.79 Å². The largest absolute Gasteiger partial charge is 0.355 e. The number of nitrogens with zero attached hydrogens (tertiary/aromatic N) is 2. The predicted molar refractivity (Wildman–Crippen MR) is 67.9 cm³/mol. The van der Waals surface area contributed by atoms with Crippen LogP contribution in [0, 0.1) is 5.92 Å². The Bertz CT molecular complexity index is 392. The van der Waals surface area contributed by atoms with Crippen LogP contribution in [0.5, 0.6) is 0 Å². The van der Waals surface area contributed by atoms with E-state index in [-0.39, 0.29) is 5.92 Å². The van der Waals surface area contributed by atoms with Gasteiger partial charge in [0.2, 0.25) is 0 Å². The van der Waals surface area contributed by atoms with E-state index in [0.29, 0.717) is 5.02 Å². The zero-order chi connectivity index (χ0) is 11.5. The molecule has 86 valence electrons. The fraction of sp³-hybridized carbons (Fsp3) is 0.455. The fourth-order valence-corrected chi connectivity index (χ4v) is 2.64. The second kappa shape index (κ2) is 5.15. The lowest BCUT2D eigenvalue weighted by Gasteiger charge is -2.31. The molecule has 2 heterocycles. The van der Waals surface area contributed by atoms with Gasteiger partial charge in [0.25, 0.3) is 0 Å². The van der Waals surface area contributed by atoms with Gasteiger partial charge in [-0.15, -0.1) is 0 Å². The van der Waals surface area contributed by atoms with Crippen LogP contribution in [0.2, 0.25) is 5.02 Å². The van der Waals surface area contributed by atoms with Gasteiger partial charge in [-0.25, -0.2) is 4.98 Å². The van der Waals surface area contributed by atoms with Crippen molar-refractivity contribution in [2.45, 2.75) is 12.8 Å². The Balaban J connectivity index is 2.11. The van der Waals surface area contributed by atoms with Crippen molar-refractivity contribution < 1.29 is 4.79 Å². The quantitative estimate of drug-likeness (QED) is 0.788. The van der Waals surface area contributed by atoms with Crippen molar-refractivity contribution in [3.8, 4) is 0 Å². The van der Waals surface area contributed by atoms with Crippen LogP contribution in [0.15, 0.2) is 16.7 Å². The maximum absolute atomic E-state index is 10.6. The Labute approximate surface area is 108 Å². The second-order valence-electron chi connectivity index (χ2n) is 3.92. The Morgan fingerprint density at radius 2 is 2.19 bits per heavy atom. The van der Waals surface area contributed by atoms with Crippen LogP contribution in [-0.4, -0.2) is 24.4 Å². The molecule has 3 nitrogen and oxygen atoms in total. The van der Waals surface area contributed by atoms with E-state index in [4.69, 9.17) is 11.6 Å². The van der Waals surface area contributed by atoms with E-state index in [1.165, 1.54) is 0 Å². The van der Waals surface area contributed by atoms with Crippen molar-refractivity contribution in [2.75, 3.05) is 18.0 Å². The van der Waals surface area contributed by atoms with E-state index >= 15 is 0 Å². The fourth-order valence-electron chi connectivity index (χ4n) is 1.89. The van der Waals surface area contributed by atoms with Crippen LogP contribution >= 0.6 is 27.5 Å². The smallest absolute Gasteiger partial charge is 0.147 e. The molecule has 1 aromatic rings. The highest BCUT2D eigenvalue weighted by Crippen LogP contribution is 2.29.